The molecule has 0 amide bonds. The lowest BCUT2D eigenvalue weighted by Crippen LogP contribution is -2.73. The molecule has 36 heavy (non-hydrogen) atoms. The Bertz CT molecular complexity index is 593. The molecule has 0 rings (SSSR count). The molecule has 0 bridgehead atoms. The van der Waals surface area contributed by atoms with E-state index in [-0.39, 0.29) is 25.8 Å². The predicted molar refractivity (Wildman–Crippen MR) is 142 cm³/mol. The summed E-state index contributed by atoms with van der Waals surface area (Å²) in [5.41, 5.74) is 0. The van der Waals surface area contributed by atoms with E-state index in [1.807, 2.05) is 0 Å². The molecule has 3 unspecified atom stereocenters. The quantitative estimate of drug-likeness (QED) is 0.0975. The summed E-state index contributed by atoms with van der Waals surface area (Å²) >= 11 is 0. The third kappa shape index (κ3) is 11.4. The summed E-state index contributed by atoms with van der Waals surface area (Å²) < 4.78 is -0.468. The number of carbonyl (C=O) groups excluding carboxylic acids is 1. The van der Waals surface area contributed by atoms with E-state index in [1.54, 1.807) is 20.8 Å². The number of carboxylic acids is 3. The molecule has 0 saturated heterocycles. The summed E-state index contributed by atoms with van der Waals surface area (Å²) in [5.74, 6) is -3.66. The zero-order chi connectivity index (χ0) is 27.4. The lowest BCUT2D eigenvalue weighted by atomic mass is 9.93. The highest BCUT2D eigenvalue weighted by Gasteiger charge is 2.53. The topological polar surface area (TPSA) is 115 Å². The Morgan fingerprint density at radius 2 is 1.03 bits per heavy atom. The number of hydrogen-bond acceptors (Lipinski definition) is 4. The van der Waals surface area contributed by atoms with Crippen LogP contribution in [0.2, 0.25) is 0 Å². The van der Waals surface area contributed by atoms with Crippen molar-refractivity contribution in [2.75, 3.05) is 6.54 Å². The molecule has 0 aliphatic carbocycles. The van der Waals surface area contributed by atoms with Crippen molar-refractivity contribution in [3.05, 3.63) is 12.2 Å². The van der Waals surface area contributed by atoms with Crippen LogP contribution < -0.4 is 5.11 Å². The van der Waals surface area contributed by atoms with Crippen molar-refractivity contribution < 1.29 is 34.2 Å². The maximum absolute atomic E-state index is 12.2. The van der Waals surface area contributed by atoms with Gasteiger partial charge < -0.3 is 20.1 Å². The molecule has 0 heterocycles. The Hall–Kier alpha value is -1.89. The van der Waals surface area contributed by atoms with Gasteiger partial charge in [0, 0.05) is 19.3 Å². The van der Waals surface area contributed by atoms with Crippen molar-refractivity contribution in [2.45, 2.75) is 149 Å². The fourth-order valence-corrected chi connectivity index (χ4v) is 5.73. The van der Waals surface area contributed by atoms with Crippen molar-refractivity contribution >= 4 is 17.9 Å². The molecule has 0 aliphatic heterocycles. The van der Waals surface area contributed by atoms with Crippen LogP contribution in [0.1, 0.15) is 130 Å². The summed E-state index contributed by atoms with van der Waals surface area (Å²) in [6, 6.07) is -3.37. The average molecular weight is 512 g/mol. The molecule has 0 saturated carbocycles. The van der Waals surface area contributed by atoms with Gasteiger partial charge in [-0.25, -0.2) is 9.59 Å². The normalized spacial score (nSPS) is 15.9. The van der Waals surface area contributed by atoms with Gasteiger partial charge in [-0.15, -0.1) is 0 Å². The van der Waals surface area contributed by atoms with E-state index in [4.69, 9.17) is 0 Å². The Balaban J connectivity index is 4.84. The van der Waals surface area contributed by atoms with E-state index in [9.17, 15) is 29.7 Å². The number of carbonyl (C=O) groups is 3. The van der Waals surface area contributed by atoms with Crippen molar-refractivity contribution in [1.82, 2.24) is 0 Å². The Morgan fingerprint density at radius 1 is 0.639 bits per heavy atom. The molecule has 7 nitrogen and oxygen atoms in total. The molecule has 0 aromatic carbocycles. The monoisotopic (exact) mass is 511 g/mol. The van der Waals surface area contributed by atoms with Crippen LogP contribution in [0.3, 0.4) is 0 Å². The predicted octanol–water partition coefficient (Wildman–Crippen LogP) is 5.71. The second-order valence-corrected chi connectivity index (χ2v) is 10.1. The first-order valence-electron chi connectivity index (χ1n) is 14.4. The SMILES string of the molecule is CCC/C=C/CCCCCCCCCCCC[N+](C(CC)C(=O)[O-])(C(CC)C(=O)O)C(CC)C(=O)O. The van der Waals surface area contributed by atoms with Crippen LogP contribution in [-0.2, 0) is 14.4 Å². The standard InChI is InChI=1S/C29H53NO6/c1-5-9-10-11-12-13-14-15-16-17-18-19-20-21-22-23-30(24(6-2)27(31)32,25(7-3)28(33)34)26(8-4)29(35)36/h10-11,24-26H,5-9,12-23H2,1-4H3,(H2-,31,32,33,34,35,36)/b11-10+. The molecule has 0 aromatic heterocycles. The Morgan fingerprint density at radius 3 is 1.39 bits per heavy atom. The van der Waals surface area contributed by atoms with Crippen molar-refractivity contribution in [3.8, 4) is 0 Å². The van der Waals surface area contributed by atoms with Gasteiger partial charge in [0.1, 0.15) is 6.04 Å². The number of unbranched alkanes of at least 4 members (excludes halogenated alkanes) is 11. The molecule has 0 aliphatic rings. The molecule has 3 atom stereocenters. The van der Waals surface area contributed by atoms with Gasteiger partial charge in [-0.1, -0.05) is 91.2 Å². The van der Waals surface area contributed by atoms with Gasteiger partial charge in [0.25, 0.3) is 0 Å². The van der Waals surface area contributed by atoms with Gasteiger partial charge in [0.15, 0.2) is 12.1 Å². The third-order valence-electron chi connectivity index (χ3n) is 7.53. The van der Waals surface area contributed by atoms with Crippen LogP contribution in [0.5, 0.6) is 0 Å². The summed E-state index contributed by atoms with van der Waals surface area (Å²) in [4.78, 5) is 36.5. The molecule has 0 aromatic rings. The highest BCUT2D eigenvalue weighted by molar-refractivity contribution is 5.77. The van der Waals surface area contributed by atoms with E-state index >= 15 is 0 Å². The van der Waals surface area contributed by atoms with Crippen molar-refractivity contribution in [3.63, 3.8) is 0 Å². The van der Waals surface area contributed by atoms with Gasteiger partial charge in [0.05, 0.1) is 12.5 Å². The average Bonchev–Trinajstić information content (AvgIpc) is 2.82. The minimum absolute atomic E-state index is 0.130. The number of hydrogen-bond donors (Lipinski definition) is 2. The first-order valence-corrected chi connectivity index (χ1v) is 14.4. The maximum atomic E-state index is 12.2. The maximum Gasteiger partial charge on any atom is 0.362 e. The first-order chi connectivity index (χ1) is 17.2. The zero-order valence-corrected chi connectivity index (χ0v) is 23.4. The van der Waals surface area contributed by atoms with E-state index in [1.165, 1.54) is 51.4 Å². The molecule has 7 heteroatoms. The van der Waals surface area contributed by atoms with Crippen molar-refractivity contribution in [1.29, 1.82) is 0 Å². The molecular weight excluding hydrogens is 458 g/mol. The number of rotatable bonds is 24. The Kier molecular flexibility index (Phi) is 19.1. The second-order valence-electron chi connectivity index (χ2n) is 10.1. The largest absolute Gasteiger partial charge is 0.544 e. The minimum atomic E-state index is -1.37. The molecule has 0 spiro atoms. The third-order valence-corrected chi connectivity index (χ3v) is 7.53. The minimum Gasteiger partial charge on any atom is -0.544 e. The fourth-order valence-electron chi connectivity index (χ4n) is 5.73. The Labute approximate surface area is 219 Å². The van der Waals surface area contributed by atoms with E-state index in [0.29, 0.717) is 6.42 Å². The smallest absolute Gasteiger partial charge is 0.362 e. The molecule has 0 fully saturated rings. The summed E-state index contributed by atoms with van der Waals surface area (Å²) in [5, 5.41) is 32.0. The van der Waals surface area contributed by atoms with Gasteiger partial charge in [-0.2, -0.15) is 0 Å². The zero-order valence-electron chi connectivity index (χ0n) is 23.4. The highest BCUT2D eigenvalue weighted by atomic mass is 16.4. The van der Waals surface area contributed by atoms with Gasteiger partial charge in [-0.05, 0) is 32.1 Å². The summed E-state index contributed by atoms with van der Waals surface area (Å²) in [7, 11) is 0. The van der Waals surface area contributed by atoms with Crippen LogP contribution in [-0.4, -0.2) is 57.3 Å². The van der Waals surface area contributed by atoms with Gasteiger partial charge in [0.2, 0.25) is 0 Å². The number of carboxylic acid groups (broad SMARTS) is 3. The molecule has 210 valence electrons. The van der Waals surface area contributed by atoms with Crippen LogP contribution in [0.25, 0.3) is 0 Å². The number of aliphatic carboxylic acids is 3. The van der Waals surface area contributed by atoms with Crippen LogP contribution in [0, 0.1) is 0 Å². The lowest BCUT2D eigenvalue weighted by Gasteiger charge is -2.51. The van der Waals surface area contributed by atoms with E-state index < -0.39 is 40.5 Å². The fraction of sp³-hybridized carbons (Fsp3) is 0.828. The molecule has 2 N–H and O–H groups in total. The van der Waals surface area contributed by atoms with Gasteiger partial charge in [-0.3, -0.25) is 4.48 Å². The summed E-state index contributed by atoms with van der Waals surface area (Å²) in [6.45, 7) is 7.45. The number of nitrogens with zero attached hydrogens (tertiary/aromatic N) is 1. The van der Waals surface area contributed by atoms with Crippen molar-refractivity contribution in [2.24, 2.45) is 0 Å². The molecule has 0 radical (unpaired) electrons. The van der Waals surface area contributed by atoms with Crippen LogP contribution >= 0.6 is 0 Å². The second kappa shape index (κ2) is 20.2. The van der Waals surface area contributed by atoms with Crippen LogP contribution in [0.15, 0.2) is 12.2 Å². The lowest BCUT2D eigenvalue weighted by molar-refractivity contribution is -0.974. The number of allylic oxidation sites excluding steroid dienone is 2. The molecular formula is C29H53NO6. The summed E-state index contributed by atoms with van der Waals surface area (Å²) in [6.07, 6.45) is 19.5. The van der Waals surface area contributed by atoms with E-state index in [2.05, 4.69) is 19.1 Å². The van der Waals surface area contributed by atoms with Crippen LogP contribution in [0.4, 0.5) is 0 Å². The van der Waals surface area contributed by atoms with Gasteiger partial charge >= 0.3 is 11.9 Å². The van der Waals surface area contributed by atoms with E-state index in [0.717, 1.165) is 25.7 Å². The first kappa shape index (κ1) is 34.1. The number of quaternary nitrogens is 1. The highest BCUT2D eigenvalue weighted by Crippen LogP contribution is 2.32.